The highest BCUT2D eigenvalue weighted by Crippen LogP contribution is 2.28. The van der Waals surface area contributed by atoms with Gasteiger partial charge in [-0.2, -0.15) is 4.98 Å². The number of nitrogens with zero attached hydrogens (tertiary/aromatic N) is 3. The van der Waals surface area contributed by atoms with Crippen LogP contribution in [0.25, 0.3) is 11.4 Å². The highest BCUT2D eigenvalue weighted by atomic mass is 35.5. The summed E-state index contributed by atoms with van der Waals surface area (Å²) < 4.78 is 10.6. The summed E-state index contributed by atoms with van der Waals surface area (Å²) >= 11 is 6.23. The summed E-state index contributed by atoms with van der Waals surface area (Å²) in [6.45, 7) is 3.30. The minimum Gasteiger partial charge on any atom is -0.497 e. The summed E-state index contributed by atoms with van der Waals surface area (Å²) in [7, 11) is 1.63. The average Bonchev–Trinajstić information content (AvgIpc) is 3.26. The molecule has 0 saturated carbocycles. The number of piperidine rings is 1. The highest BCUT2D eigenvalue weighted by Gasteiger charge is 2.28. The van der Waals surface area contributed by atoms with E-state index in [4.69, 9.17) is 20.9 Å². The van der Waals surface area contributed by atoms with Crippen LogP contribution >= 0.6 is 11.6 Å². The number of methoxy groups -OCH3 is 1. The molecule has 8 heteroatoms. The van der Waals surface area contributed by atoms with Crippen molar-refractivity contribution in [2.24, 2.45) is 5.92 Å². The van der Waals surface area contributed by atoms with Crippen molar-refractivity contribution < 1.29 is 14.1 Å². The zero-order valence-electron chi connectivity index (χ0n) is 16.9. The molecule has 0 radical (unpaired) electrons. The first-order chi connectivity index (χ1) is 14.5. The number of aromatic nitrogens is 2. The van der Waals surface area contributed by atoms with Crippen molar-refractivity contribution in [3.05, 3.63) is 53.1 Å². The summed E-state index contributed by atoms with van der Waals surface area (Å²) in [5, 5.41) is 7.58. The molecule has 0 bridgehead atoms. The lowest BCUT2D eigenvalue weighted by Gasteiger charge is -2.29. The maximum Gasteiger partial charge on any atom is 0.324 e. The fourth-order valence-corrected chi connectivity index (χ4v) is 3.77. The standard InChI is InChI=1S/C22H23ClN4O3/c1-14-3-8-19(18(23)13-14)24-21(28)16-9-11-27(12-10-16)22-25-20(26-30-22)15-4-6-17(29-2)7-5-15/h3-8,13,16H,9-12H2,1-2H3,(H,24,28). The molecule has 1 aliphatic heterocycles. The molecule has 0 atom stereocenters. The molecule has 1 saturated heterocycles. The predicted molar refractivity (Wildman–Crippen MR) is 116 cm³/mol. The first-order valence-electron chi connectivity index (χ1n) is 9.83. The number of anilines is 2. The van der Waals surface area contributed by atoms with Crippen molar-refractivity contribution in [3.63, 3.8) is 0 Å². The molecule has 156 valence electrons. The summed E-state index contributed by atoms with van der Waals surface area (Å²) in [6.07, 6.45) is 1.41. The van der Waals surface area contributed by atoms with Crippen LogP contribution in [0.15, 0.2) is 47.0 Å². The Hall–Kier alpha value is -3.06. The van der Waals surface area contributed by atoms with Gasteiger partial charge in [-0.25, -0.2) is 0 Å². The number of carbonyl (C=O) groups excluding carboxylic acids is 1. The average molecular weight is 427 g/mol. The Morgan fingerprint density at radius 3 is 2.60 bits per heavy atom. The number of ether oxygens (including phenoxy) is 1. The van der Waals surface area contributed by atoms with Crippen LogP contribution in [0, 0.1) is 12.8 Å². The first kappa shape index (κ1) is 20.2. The van der Waals surface area contributed by atoms with Crippen molar-refractivity contribution in [1.82, 2.24) is 10.1 Å². The lowest BCUT2D eigenvalue weighted by Crippen LogP contribution is -2.38. The number of rotatable bonds is 5. The second-order valence-corrected chi connectivity index (χ2v) is 7.77. The monoisotopic (exact) mass is 426 g/mol. The summed E-state index contributed by atoms with van der Waals surface area (Å²) in [5.41, 5.74) is 2.56. The molecule has 1 fully saturated rings. The van der Waals surface area contributed by atoms with Crippen LogP contribution in [0.3, 0.4) is 0 Å². The maximum atomic E-state index is 12.6. The Balaban J connectivity index is 1.35. The zero-order valence-corrected chi connectivity index (χ0v) is 17.6. The number of benzene rings is 2. The fraction of sp³-hybridized carbons (Fsp3) is 0.318. The predicted octanol–water partition coefficient (Wildman–Crippen LogP) is 4.56. The van der Waals surface area contributed by atoms with Gasteiger partial charge in [0.15, 0.2) is 0 Å². The number of amides is 1. The molecule has 0 aliphatic carbocycles. The molecule has 1 aromatic heterocycles. The number of carbonyl (C=O) groups is 1. The van der Waals surface area contributed by atoms with Crippen molar-refractivity contribution in [2.75, 3.05) is 30.4 Å². The Morgan fingerprint density at radius 2 is 1.93 bits per heavy atom. The molecule has 0 unspecified atom stereocenters. The smallest absolute Gasteiger partial charge is 0.324 e. The molecular formula is C22H23ClN4O3. The molecule has 0 spiro atoms. The largest absolute Gasteiger partial charge is 0.497 e. The molecule has 7 nitrogen and oxygen atoms in total. The van der Waals surface area contributed by atoms with Crippen molar-refractivity contribution >= 4 is 29.2 Å². The molecule has 1 amide bonds. The maximum absolute atomic E-state index is 12.6. The van der Waals surface area contributed by atoms with Gasteiger partial charge in [0, 0.05) is 24.6 Å². The third-order valence-electron chi connectivity index (χ3n) is 5.28. The van der Waals surface area contributed by atoms with Crippen LogP contribution in [0.4, 0.5) is 11.7 Å². The van der Waals surface area contributed by atoms with E-state index < -0.39 is 0 Å². The lowest BCUT2D eigenvalue weighted by molar-refractivity contribution is -0.120. The van der Waals surface area contributed by atoms with Crippen molar-refractivity contribution in [3.8, 4) is 17.1 Å². The van der Waals surface area contributed by atoms with E-state index in [1.807, 2.05) is 54.3 Å². The number of aryl methyl sites for hydroxylation is 1. The van der Waals surface area contributed by atoms with Gasteiger partial charge in [-0.3, -0.25) is 4.79 Å². The van der Waals surface area contributed by atoms with E-state index in [0.717, 1.165) is 16.9 Å². The van der Waals surface area contributed by atoms with E-state index >= 15 is 0 Å². The molecule has 1 aliphatic rings. The van der Waals surface area contributed by atoms with Crippen LogP contribution in [0.2, 0.25) is 5.02 Å². The van der Waals surface area contributed by atoms with Crippen LogP contribution in [-0.4, -0.2) is 36.2 Å². The summed E-state index contributed by atoms with van der Waals surface area (Å²) in [4.78, 5) is 19.2. The third kappa shape index (κ3) is 4.41. The molecule has 2 aromatic carbocycles. The van der Waals surface area contributed by atoms with E-state index in [2.05, 4.69) is 15.5 Å². The molecule has 30 heavy (non-hydrogen) atoms. The minimum atomic E-state index is -0.0809. The number of hydrogen-bond acceptors (Lipinski definition) is 6. The van der Waals surface area contributed by atoms with Crippen LogP contribution in [0.5, 0.6) is 5.75 Å². The molecule has 1 N–H and O–H groups in total. The van der Waals surface area contributed by atoms with Crippen LogP contribution in [-0.2, 0) is 4.79 Å². The summed E-state index contributed by atoms with van der Waals surface area (Å²) in [6, 6.07) is 13.6. The normalized spacial score (nSPS) is 14.6. The highest BCUT2D eigenvalue weighted by molar-refractivity contribution is 6.33. The van der Waals surface area contributed by atoms with E-state index in [9.17, 15) is 4.79 Å². The van der Waals surface area contributed by atoms with E-state index in [-0.39, 0.29) is 11.8 Å². The van der Waals surface area contributed by atoms with Crippen molar-refractivity contribution in [2.45, 2.75) is 19.8 Å². The Kier molecular flexibility index (Phi) is 5.90. The summed E-state index contributed by atoms with van der Waals surface area (Å²) in [5.74, 6) is 1.21. The van der Waals surface area contributed by atoms with E-state index in [1.165, 1.54) is 0 Å². The van der Waals surface area contributed by atoms with Gasteiger partial charge in [-0.15, -0.1) is 0 Å². The number of halogens is 1. The molecule has 2 heterocycles. The van der Waals surface area contributed by atoms with Crippen LogP contribution < -0.4 is 15.0 Å². The van der Waals surface area contributed by atoms with Gasteiger partial charge in [0.1, 0.15) is 5.75 Å². The van der Waals surface area contributed by atoms with E-state index in [0.29, 0.717) is 48.5 Å². The Morgan fingerprint density at radius 1 is 1.20 bits per heavy atom. The second kappa shape index (κ2) is 8.75. The molecule has 4 rings (SSSR count). The van der Waals surface area contributed by atoms with Gasteiger partial charge in [0.25, 0.3) is 0 Å². The fourth-order valence-electron chi connectivity index (χ4n) is 3.49. The Bertz CT molecular complexity index is 1030. The molecule has 3 aromatic rings. The van der Waals surface area contributed by atoms with E-state index in [1.54, 1.807) is 7.11 Å². The van der Waals surface area contributed by atoms with Crippen molar-refractivity contribution in [1.29, 1.82) is 0 Å². The SMILES string of the molecule is COc1ccc(-c2noc(N3CCC(C(=O)Nc4ccc(C)cc4Cl)CC3)n2)cc1. The van der Waals surface area contributed by atoms with Gasteiger partial charge in [0.05, 0.1) is 17.8 Å². The number of hydrogen-bond donors (Lipinski definition) is 1. The number of nitrogens with one attached hydrogen (secondary N) is 1. The van der Waals surface area contributed by atoms with Gasteiger partial charge >= 0.3 is 6.01 Å². The van der Waals surface area contributed by atoms with Gasteiger partial charge in [-0.05, 0) is 61.7 Å². The zero-order chi connectivity index (χ0) is 21.1. The minimum absolute atomic E-state index is 0.00939. The second-order valence-electron chi connectivity index (χ2n) is 7.36. The van der Waals surface area contributed by atoms with Gasteiger partial charge < -0.3 is 19.5 Å². The van der Waals surface area contributed by atoms with Crippen LogP contribution in [0.1, 0.15) is 18.4 Å². The molecular weight excluding hydrogens is 404 g/mol. The van der Waals surface area contributed by atoms with Gasteiger partial charge in [0.2, 0.25) is 11.7 Å². The Labute approximate surface area is 180 Å². The quantitative estimate of drug-likeness (QED) is 0.644. The topological polar surface area (TPSA) is 80.5 Å². The lowest BCUT2D eigenvalue weighted by atomic mass is 9.96. The first-order valence-corrected chi connectivity index (χ1v) is 10.2. The third-order valence-corrected chi connectivity index (χ3v) is 5.59. The van der Waals surface area contributed by atoms with Gasteiger partial charge in [-0.1, -0.05) is 22.8 Å².